The number of nitrogens with zero attached hydrogens (tertiary/aromatic N) is 6. The van der Waals surface area contributed by atoms with Crippen LogP contribution in [0, 0.1) is 17.9 Å². The Bertz CT molecular complexity index is 2020. The van der Waals surface area contributed by atoms with E-state index >= 15 is 0 Å². The standard InChI is InChI=1S/C36H20N6/c1-38-34-21-24(17-19-40-34)31-13-7-15-33(42-31)36-28-10-4-2-8-26(28)35(27-9-3-5-11-29(27)36)32-14-6-12-30(41-32)23-16-18-39-25(20-23)22-37/h2-21H. The van der Waals surface area contributed by atoms with Crippen molar-refractivity contribution >= 4 is 27.4 Å². The Morgan fingerprint density at radius 3 is 1.52 bits per heavy atom. The van der Waals surface area contributed by atoms with Crippen LogP contribution < -0.4 is 0 Å². The number of hydrogen-bond acceptors (Lipinski definition) is 5. The second-order valence-electron chi connectivity index (χ2n) is 9.71. The maximum atomic E-state index is 9.35. The SMILES string of the molecule is [C-]#[N+]c1cc(-c2cccc(-c3c4ccccc4c(-c4cccc(-c5ccnc(C#N)c5)n4)c4ccccc34)n2)ccn1. The molecule has 42 heavy (non-hydrogen) atoms. The summed E-state index contributed by atoms with van der Waals surface area (Å²) in [5.74, 6) is 0.338. The number of rotatable bonds is 4. The van der Waals surface area contributed by atoms with Crippen molar-refractivity contribution in [2.24, 2.45) is 0 Å². The minimum absolute atomic E-state index is 0.338. The number of pyridine rings is 4. The van der Waals surface area contributed by atoms with Gasteiger partial charge >= 0.3 is 0 Å². The zero-order valence-corrected chi connectivity index (χ0v) is 22.2. The normalized spacial score (nSPS) is 10.8. The number of aromatic nitrogens is 4. The zero-order chi connectivity index (χ0) is 28.5. The third-order valence-corrected chi connectivity index (χ3v) is 7.27. The number of benzene rings is 3. The smallest absolute Gasteiger partial charge is 0.270 e. The van der Waals surface area contributed by atoms with E-state index in [1.165, 1.54) is 0 Å². The molecular formula is C36H20N6. The highest BCUT2D eigenvalue weighted by atomic mass is 14.9. The molecule has 0 saturated heterocycles. The molecule has 0 N–H and O–H groups in total. The van der Waals surface area contributed by atoms with Crippen LogP contribution in [-0.4, -0.2) is 19.9 Å². The first-order valence-corrected chi connectivity index (χ1v) is 13.3. The minimum Gasteiger partial charge on any atom is -0.361 e. The highest BCUT2D eigenvalue weighted by Crippen LogP contribution is 2.43. The van der Waals surface area contributed by atoms with Crippen molar-refractivity contribution in [3.8, 4) is 51.1 Å². The largest absolute Gasteiger partial charge is 0.361 e. The summed E-state index contributed by atoms with van der Waals surface area (Å²) in [5.41, 5.74) is 7.35. The van der Waals surface area contributed by atoms with Crippen LogP contribution in [0.15, 0.2) is 122 Å². The van der Waals surface area contributed by atoms with Crippen molar-refractivity contribution < 1.29 is 0 Å². The summed E-state index contributed by atoms with van der Waals surface area (Å²) in [4.78, 5) is 21.9. The van der Waals surface area contributed by atoms with Crippen molar-refractivity contribution in [2.45, 2.75) is 0 Å². The third kappa shape index (κ3) is 4.30. The molecule has 4 aromatic heterocycles. The molecule has 3 aromatic carbocycles. The zero-order valence-electron chi connectivity index (χ0n) is 22.2. The second kappa shape index (κ2) is 10.4. The Morgan fingerprint density at radius 2 is 1.02 bits per heavy atom. The molecule has 0 bridgehead atoms. The molecule has 6 nitrogen and oxygen atoms in total. The molecular weight excluding hydrogens is 516 g/mol. The summed E-state index contributed by atoms with van der Waals surface area (Å²) in [6.07, 6.45) is 3.28. The van der Waals surface area contributed by atoms with E-state index < -0.39 is 0 Å². The lowest BCUT2D eigenvalue weighted by atomic mass is 9.88. The number of fused-ring (bicyclic) bond motifs is 2. The molecule has 6 heteroatoms. The molecule has 0 radical (unpaired) electrons. The molecule has 0 fully saturated rings. The average Bonchev–Trinajstić information content (AvgIpc) is 3.07. The van der Waals surface area contributed by atoms with Gasteiger partial charge in [0.05, 0.1) is 22.8 Å². The molecule has 7 rings (SSSR count). The van der Waals surface area contributed by atoms with Crippen LogP contribution in [-0.2, 0) is 0 Å². The third-order valence-electron chi connectivity index (χ3n) is 7.27. The first-order chi connectivity index (χ1) is 20.7. The molecule has 194 valence electrons. The van der Waals surface area contributed by atoms with Gasteiger partial charge in [0.25, 0.3) is 5.82 Å². The maximum absolute atomic E-state index is 9.35. The summed E-state index contributed by atoms with van der Waals surface area (Å²) in [6.45, 7) is 7.35. The van der Waals surface area contributed by atoms with Gasteiger partial charge in [-0.05, 0) is 75.6 Å². The van der Waals surface area contributed by atoms with E-state index in [-0.39, 0.29) is 0 Å². The van der Waals surface area contributed by atoms with Gasteiger partial charge in [0.15, 0.2) is 0 Å². The summed E-state index contributed by atoms with van der Waals surface area (Å²) in [7, 11) is 0. The van der Waals surface area contributed by atoms with Crippen LogP contribution in [0.3, 0.4) is 0 Å². The van der Waals surface area contributed by atoms with Gasteiger partial charge in [-0.3, -0.25) is 0 Å². The topological polar surface area (TPSA) is 79.7 Å². The van der Waals surface area contributed by atoms with Crippen molar-refractivity contribution in [3.63, 3.8) is 0 Å². The predicted octanol–water partition coefficient (Wildman–Crippen LogP) is 8.66. The highest BCUT2D eigenvalue weighted by Gasteiger charge is 2.18. The van der Waals surface area contributed by atoms with Crippen molar-refractivity contribution in [2.75, 3.05) is 0 Å². The molecule has 0 saturated carbocycles. The summed E-state index contributed by atoms with van der Waals surface area (Å²) < 4.78 is 0. The van der Waals surface area contributed by atoms with Gasteiger partial charge in [-0.15, -0.1) is 4.98 Å². The Hall–Kier alpha value is -6.24. The maximum Gasteiger partial charge on any atom is 0.270 e. The van der Waals surface area contributed by atoms with Gasteiger partial charge in [0, 0.05) is 22.9 Å². The van der Waals surface area contributed by atoms with Gasteiger partial charge in [0.2, 0.25) is 0 Å². The number of nitriles is 1. The van der Waals surface area contributed by atoms with Crippen molar-refractivity contribution in [1.82, 2.24) is 19.9 Å². The fourth-order valence-corrected chi connectivity index (χ4v) is 5.44. The van der Waals surface area contributed by atoms with Gasteiger partial charge in [0.1, 0.15) is 18.0 Å². The quantitative estimate of drug-likeness (QED) is 0.166. The van der Waals surface area contributed by atoms with Gasteiger partial charge in [-0.1, -0.05) is 67.2 Å². The van der Waals surface area contributed by atoms with Gasteiger partial charge < -0.3 is 4.85 Å². The first kappa shape index (κ1) is 24.8. The van der Waals surface area contributed by atoms with E-state index in [1.54, 1.807) is 24.5 Å². The monoisotopic (exact) mass is 536 g/mol. The minimum atomic E-state index is 0.338. The van der Waals surface area contributed by atoms with E-state index in [1.807, 2.05) is 72.8 Å². The molecule has 7 aromatic rings. The van der Waals surface area contributed by atoms with E-state index in [2.05, 4.69) is 45.1 Å². The molecule has 0 aliphatic carbocycles. The molecule has 0 aliphatic heterocycles. The lowest BCUT2D eigenvalue weighted by Gasteiger charge is -2.17. The van der Waals surface area contributed by atoms with Crippen molar-refractivity contribution in [1.29, 1.82) is 5.26 Å². The summed E-state index contributed by atoms with van der Waals surface area (Å²) in [5, 5.41) is 13.6. The van der Waals surface area contributed by atoms with Gasteiger partial charge in [-0.25, -0.2) is 15.0 Å². The van der Waals surface area contributed by atoms with Crippen LogP contribution in [0.2, 0.25) is 0 Å². The first-order valence-electron chi connectivity index (χ1n) is 13.3. The summed E-state index contributed by atoms with van der Waals surface area (Å²) >= 11 is 0. The molecule has 0 aliphatic rings. The predicted molar refractivity (Wildman–Crippen MR) is 165 cm³/mol. The fourth-order valence-electron chi connectivity index (χ4n) is 5.44. The number of hydrogen-bond donors (Lipinski definition) is 0. The lowest BCUT2D eigenvalue weighted by Crippen LogP contribution is -1.95. The lowest BCUT2D eigenvalue weighted by molar-refractivity contribution is 1.25. The van der Waals surface area contributed by atoms with Crippen LogP contribution in [0.25, 0.3) is 71.4 Å². The molecule has 0 unspecified atom stereocenters. The Labute approximate surface area is 242 Å². The molecule has 4 heterocycles. The van der Waals surface area contributed by atoms with E-state index in [4.69, 9.17) is 16.5 Å². The van der Waals surface area contributed by atoms with E-state index in [0.29, 0.717) is 11.5 Å². The molecule has 0 amide bonds. The fraction of sp³-hybridized carbons (Fsp3) is 0. The Kier molecular flexibility index (Phi) is 6.13. The average molecular weight is 537 g/mol. The van der Waals surface area contributed by atoms with Crippen molar-refractivity contribution in [3.05, 3.63) is 139 Å². The Morgan fingerprint density at radius 1 is 0.548 bits per heavy atom. The van der Waals surface area contributed by atoms with Crippen LogP contribution >= 0.6 is 0 Å². The van der Waals surface area contributed by atoms with Crippen LogP contribution in [0.5, 0.6) is 0 Å². The Balaban J connectivity index is 1.47. The second-order valence-corrected chi connectivity index (χ2v) is 9.71. The van der Waals surface area contributed by atoms with E-state index in [0.717, 1.165) is 66.6 Å². The van der Waals surface area contributed by atoms with E-state index in [9.17, 15) is 5.26 Å². The highest BCUT2D eigenvalue weighted by molar-refractivity contribution is 6.20. The molecule has 0 atom stereocenters. The van der Waals surface area contributed by atoms with Crippen LogP contribution in [0.1, 0.15) is 5.69 Å². The molecule has 0 spiro atoms. The summed E-state index contributed by atoms with van der Waals surface area (Å²) in [6, 6.07) is 38.0. The van der Waals surface area contributed by atoms with Crippen LogP contribution in [0.4, 0.5) is 5.82 Å². The van der Waals surface area contributed by atoms with Gasteiger partial charge in [-0.2, -0.15) is 5.26 Å².